The molecule has 66 valence electrons. The SMILES string of the molecule is CC(=O)NCCC[n+]1cc[nH]c1. The number of amides is 1. The van der Waals surface area contributed by atoms with E-state index >= 15 is 0 Å². The van der Waals surface area contributed by atoms with Crippen LogP contribution in [-0.4, -0.2) is 17.4 Å². The number of aromatic amines is 1. The van der Waals surface area contributed by atoms with Crippen molar-refractivity contribution >= 4 is 5.91 Å². The van der Waals surface area contributed by atoms with Gasteiger partial charge in [0.05, 0.1) is 6.54 Å². The van der Waals surface area contributed by atoms with Crippen LogP contribution < -0.4 is 9.88 Å². The van der Waals surface area contributed by atoms with E-state index in [9.17, 15) is 4.79 Å². The summed E-state index contributed by atoms with van der Waals surface area (Å²) in [6.07, 6.45) is 6.70. The summed E-state index contributed by atoms with van der Waals surface area (Å²) < 4.78 is 2.04. The first kappa shape index (κ1) is 8.77. The van der Waals surface area contributed by atoms with Gasteiger partial charge in [0, 0.05) is 19.9 Å². The summed E-state index contributed by atoms with van der Waals surface area (Å²) in [6, 6.07) is 0. The van der Waals surface area contributed by atoms with Crippen molar-refractivity contribution in [3.05, 3.63) is 18.7 Å². The van der Waals surface area contributed by atoms with Crippen molar-refractivity contribution in [1.29, 1.82) is 0 Å². The highest BCUT2D eigenvalue weighted by molar-refractivity contribution is 5.72. The van der Waals surface area contributed by atoms with Gasteiger partial charge in [0.25, 0.3) is 0 Å². The number of rotatable bonds is 4. The fourth-order valence-corrected chi connectivity index (χ4v) is 0.986. The summed E-state index contributed by atoms with van der Waals surface area (Å²) in [5, 5.41) is 2.75. The standard InChI is InChI=1S/C8H13N3O/c1-8(12)10-3-2-5-11-6-4-9-7-11/h4,6-7H,2-3,5H2,1H3,(H,10,12)/p+1. The molecule has 1 heterocycles. The molecule has 1 aromatic rings. The average molecular weight is 168 g/mol. The van der Waals surface area contributed by atoms with Crippen LogP contribution >= 0.6 is 0 Å². The van der Waals surface area contributed by atoms with Gasteiger partial charge in [-0.1, -0.05) is 0 Å². The molecule has 12 heavy (non-hydrogen) atoms. The Balaban J connectivity index is 2.07. The minimum atomic E-state index is 0.0362. The minimum absolute atomic E-state index is 0.0362. The van der Waals surface area contributed by atoms with E-state index in [-0.39, 0.29) is 5.91 Å². The van der Waals surface area contributed by atoms with E-state index < -0.39 is 0 Å². The van der Waals surface area contributed by atoms with Crippen LogP contribution in [0, 0.1) is 0 Å². The summed E-state index contributed by atoms with van der Waals surface area (Å²) in [6.45, 7) is 3.21. The van der Waals surface area contributed by atoms with E-state index in [1.807, 2.05) is 23.3 Å². The molecule has 0 saturated heterocycles. The van der Waals surface area contributed by atoms with Crippen LogP contribution in [0.4, 0.5) is 0 Å². The lowest BCUT2D eigenvalue weighted by molar-refractivity contribution is -0.695. The van der Waals surface area contributed by atoms with Crippen LogP contribution in [0.2, 0.25) is 0 Å². The molecule has 0 atom stereocenters. The number of carbonyl (C=O) groups excluding carboxylic acids is 1. The fourth-order valence-electron chi connectivity index (χ4n) is 0.986. The van der Waals surface area contributed by atoms with Gasteiger partial charge in [0.15, 0.2) is 0 Å². The number of nitrogens with one attached hydrogen (secondary N) is 2. The molecular formula is C8H14N3O+. The van der Waals surface area contributed by atoms with Gasteiger partial charge in [-0.05, 0) is 0 Å². The normalized spacial score (nSPS) is 9.75. The van der Waals surface area contributed by atoms with Crippen molar-refractivity contribution in [2.45, 2.75) is 19.9 Å². The van der Waals surface area contributed by atoms with Gasteiger partial charge in [0.2, 0.25) is 12.2 Å². The molecule has 0 aromatic carbocycles. The molecular weight excluding hydrogens is 154 g/mol. The Morgan fingerprint density at radius 2 is 2.50 bits per heavy atom. The monoisotopic (exact) mass is 168 g/mol. The number of imidazole rings is 1. The molecule has 0 fully saturated rings. The molecule has 0 aliphatic rings. The summed E-state index contributed by atoms with van der Waals surface area (Å²) in [7, 11) is 0. The zero-order valence-corrected chi connectivity index (χ0v) is 7.21. The van der Waals surface area contributed by atoms with Gasteiger partial charge in [-0.2, -0.15) is 0 Å². The Bertz CT molecular complexity index is 230. The highest BCUT2D eigenvalue weighted by Crippen LogP contribution is 1.77. The van der Waals surface area contributed by atoms with Crippen LogP contribution in [0.15, 0.2) is 18.7 Å². The maximum Gasteiger partial charge on any atom is 0.241 e. The van der Waals surface area contributed by atoms with Crippen molar-refractivity contribution in [2.75, 3.05) is 6.54 Å². The molecule has 4 heteroatoms. The summed E-state index contributed by atoms with van der Waals surface area (Å²) >= 11 is 0. The van der Waals surface area contributed by atoms with E-state index in [1.54, 1.807) is 0 Å². The van der Waals surface area contributed by atoms with E-state index in [2.05, 4.69) is 10.3 Å². The largest absolute Gasteiger partial charge is 0.356 e. The number of H-pyrrole nitrogens is 1. The first-order valence-electron chi connectivity index (χ1n) is 4.05. The van der Waals surface area contributed by atoms with E-state index in [1.165, 1.54) is 6.92 Å². The zero-order valence-electron chi connectivity index (χ0n) is 7.21. The van der Waals surface area contributed by atoms with Crippen LogP contribution in [0.25, 0.3) is 0 Å². The summed E-state index contributed by atoms with van der Waals surface area (Å²) in [4.78, 5) is 13.4. The Morgan fingerprint density at radius 1 is 1.67 bits per heavy atom. The van der Waals surface area contributed by atoms with Gasteiger partial charge < -0.3 is 5.32 Å². The quantitative estimate of drug-likeness (QED) is 0.476. The van der Waals surface area contributed by atoms with Crippen LogP contribution in [0.3, 0.4) is 0 Å². The maximum atomic E-state index is 10.5. The molecule has 0 saturated carbocycles. The lowest BCUT2D eigenvalue weighted by Gasteiger charge is -1.98. The number of aromatic nitrogens is 2. The lowest BCUT2D eigenvalue weighted by Crippen LogP contribution is -2.33. The number of carbonyl (C=O) groups is 1. The average Bonchev–Trinajstić information content (AvgIpc) is 2.49. The van der Waals surface area contributed by atoms with Crippen molar-refractivity contribution in [2.24, 2.45) is 0 Å². The van der Waals surface area contributed by atoms with Gasteiger partial charge in [0.1, 0.15) is 12.4 Å². The van der Waals surface area contributed by atoms with Crippen molar-refractivity contribution < 1.29 is 9.36 Å². The molecule has 1 aromatic heterocycles. The van der Waals surface area contributed by atoms with Gasteiger partial charge in [-0.15, -0.1) is 0 Å². The Labute approximate surface area is 71.6 Å². The molecule has 1 amide bonds. The summed E-state index contributed by atoms with van der Waals surface area (Å²) in [5.74, 6) is 0.0362. The van der Waals surface area contributed by atoms with Gasteiger partial charge >= 0.3 is 0 Å². The number of nitrogens with zero attached hydrogens (tertiary/aromatic N) is 1. The predicted molar refractivity (Wildman–Crippen MR) is 44.3 cm³/mol. The highest BCUT2D eigenvalue weighted by Gasteiger charge is 1.96. The van der Waals surface area contributed by atoms with Crippen molar-refractivity contribution in [3.8, 4) is 0 Å². The second kappa shape index (κ2) is 4.54. The number of aryl methyl sites for hydroxylation is 1. The van der Waals surface area contributed by atoms with E-state index in [0.717, 1.165) is 19.5 Å². The molecule has 0 bridgehead atoms. The highest BCUT2D eigenvalue weighted by atomic mass is 16.1. The number of hydrogen-bond donors (Lipinski definition) is 2. The lowest BCUT2D eigenvalue weighted by atomic mass is 10.4. The van der Waals surface area contributed by atoms with Crippen LogP contribution in [-0.2, 0) is 11.3 Å². The van der Waals surface area contributed by atoms with E-state index in [0.29, 0.717) is 0 Å². The van der Waals surface area contributed by atoms with Crippen molar-refractivity contribution in [3.63, 3.8) is 0 Å². The van der Waals surface area contributed by atoms with Crippen LogP contribution in [0.5, 0.6) is 0 Å². The third-order valence-electron chi connectivity index (χ3n) is 1.57. The molecule has 0 spiro atoms. The first-order valence-corrected chi connectivity index (χ1v) is 4.05. The molecule has 2 N–H and O–H groups in total. The molecule has 0 radical (unpaired) electrons. The molecule has 0 aliphatic heterocycles. The number of hydrogen-bond acceptors (Lipinski definition) is 1. The second-order valence-corrected chi connectivity index (χ2v) is 2.69. The molecule has 0 unspecified atom stereocenters. The van der Waals surface area contributed by atoms with E-state index in [4.69, 9.17) is 0 Å². The topological polar surface area (TPSA) is 48.8 Å². The Hall–Kier alpha value is -1.32. The fraction of sp³-hybridized carbons (Fsp3) is 0.500. The molecule has 4 nitrogen and oxygen atoms in total. The Morgan fingerprint density at radius 3 is 3.08 bits per heavy atom. The van der Waals surface area contributed by atoms with Gasteiger partial charge in [-0.3, -0.25) is 9.78 Å². The smallest absolute Gasteiger partial charge is 0.241 e. The zero-order chi connectivity index (χ0) is 8.81. The van der Waals surface area contributed by atoms with Crippen molar-refractivity contribution in [1.82, 2.24) is 10.3 Å². The third-order valence-corrected chi connectivity index (χ3v) is 1.57. The third kappa shape index (κ3) is 3.18. The predicted octanol–water partition coefficient (Wildman–Crippen LogP) is -0.172. The summed E-state index contributed by atoms with van der Waals surface area (Å²) in [5.41, 5.74) is 0. The minimum Gasteiger partial charge on any atom is -0.356 e. The van der Waals surface area contributed by atoms with Crippen LogP contribution in [0.1, 0.15) is 13.3 Å². The Kier molecular flexibility index (Phi) is 3.32. The molecule has 0 aliphatic carbocycles. The van der Waals surface area contributed by atoms with Gasteiger partial charge in [-0.25, -0.2) is 4.57 Å². The second-order valence-electron chi connectivity index (χ2n) is 2.69. The first-order chi connectivity index (χ1) is 5.79. The maximum absolute atomic E-state index is 10.5. The molecule has 1 rings (SSSR count).